The van der Waals surface area contributed by atoms with E-state index >= 15 is 0 Å². The highest BCUT2D eigenvalue weighted by atomic mass is 19.4. The summed E-state index contributed by atoms with van der Waals surface area (Å²) in [5.41, 5.74) is -4.77. The average Bonchev–Trinajstić information content (AvgIpc) is 3.41. The largest absolute Gasteiger partial charge is 0.496 e. The SMILES string of the molecule is COc1cc(C)c2c(ccn2C(=O)OC(C)(C)C)c1C(O)(c1nc2cc(C#N)ccc2o1)C(F)(F)F. The first-order valence-corrected chi connectivity index (χ1v) is 10.7. The Hall–Kier alpha value is -4.04. The summed E-state index contributed by atoms with van der Waals surface area (Å²) in [6, 6.07) is 8.32. The number of nitrogens with zero attached hydrogens (tertiary/aromatic N) is 3. The molecule has 0 bridgehead atoms. The number of nitriles is 1. The third kappa shape index (κ3) is 3.93. The van der Waals surface area contributed by atoms with E-state index in [1.807, 2.05) is 6.07 Å². The molecule has 2 aromatic carbocycles. The van der Waals surface area contributed by atoms with Crippen LogP contribution in [0.25, 0.3) is 22.0 Å². The third-order valence-corrected chi connectivity index (χ3v) is 5.53. The number of alkyl halides is 3. The molecular weight excluding hydrogens is 479 g/mol. The van der Waals surface area contributed by atoms with Crippen LogP contribution in [0.5, 0.6) is 5.75 Å². The fraction of sp³-hybridized carbons (Fsp3) is 0.320. The van der Waals surface area contributed by atoms with Crippen LogP contribution in [0.1, 0.15) is 43.4 Å². The van der Waals surface area contributed by atoms with Crippen LogP contribution in [-0.4, -0.2) is 39.6 Å². The first-order valence-electron chi connectivity index (χ1n) is 10.7. The zero-order valence-corrected chi connectivity index (χ0v) is 20.0. The molecule has 1 atom stereocenters. The molecule has 0 radical (unpaired) electrons. The summed E-state index contributed by atoms with van der Waals surface area (Å²) in [5, 5.41) is 20.4. The monoisotopic (exact) mass is 501 g/mol. The van der Waals surface area contributed by atoms with Crippen molar-refractivity contribution in [1.82, 2.24) is 9.55 Å². The van der Waals surface area contributed by atoms with Gasteiger partial charge in [-0.25, -0.2) is 9.78 Å². The molecule has 4 rings (SSSR count). The van der Waals surface area contributed by atoms with Crippen molar-refractivity contribution in [3.63, 3.8) is 0 Å². The number of aromatic nitrogens is 2. The molecule has 0 saturated heterocycles. The number of rotatable bonds is 3. The molecule has 2 aromatic heterocycles. The van der Waals surface area contributed by atoms with Gasteiger partial charge in [0.25, 0.3) is 5.60 Å². The lowest BCUT2D eigenvalue weighted by molar-refractivity contribution is -0.255. The van der Waals surface area contributed by atoms with E-state index in [-0.39, 0.29) is 33.3 Å². The molecule has 0 spiro atoms. The number of halogens is 3. The number of hydrogen-bond donors (Lipinski definition) is 1. The van der Waals surface area contributed by atoms with E-state index < -0.39 is 34.9 Å². The highest BCUT2D eigenvalue weighted by Gasteiger charge is 2.62. The number of methoxy groups -OCH3 is 1. The molecule has 8 nitrogen and oxygen atoms in total. The van der Waals surface area contributed by atoms with Crippen molar-refractivity contribution in [3.05, 3.63) is 59.1 Å². The summed E-state index contributed by atoms with van der Waals surface area (Å²) in [6.07, 6.45) is -4.87. The van der Waals surface area contributed by atoms with Crippen molar-refractivity contribution in [2.24, 2.45) is 0 Å². The summed E-state index contributed by atoms with van der Waals surface area (Å²) in [4.78, 5) is 16.7. The van der Waals surface area contributed by atoms with Crippen molar-refractivity contribution < 1.29 is 37.0 Å². The molecule has 2 heterocycles. The zero-order valence-electron chi connectivity index (χ0n) is 20.0. The van der Waals surface area contributed by atoms with Crippen LogP contribution >= 0.6 is 0 Å². The first-order chi connectivity index (χ1) is 16.7. The van der Waals surface area contributed by atoms with Gasteiger partial charge in [-0.3, -0.25) is 4.57 Å². The Bertz CT molecular complexity index is 1540. The highest BCUT2D eigenvalue weighted by Crippen LogP contribution is 2.50. The molecule has 188 valence electrons. The summed E-state index contributed by atoms with van der Waals surface area (Å²) < 4.78 is 61.3. The van der Waals surface area contributed by atoms with Gasteiger partial charge < -0.3 is 19.0 Å². The maximum Gasteiger partial charge on any atom is 0.430 e. The van der Waals surface area contributed by atoms with Gasteiger partial charge in [0.1, 0.15) is 16.9 Å². The quantitative estimate of drug-likeness (QED) is 0.392. The summed E-state index contributed by atoms with van der Waals surface area (Å²) >= 11 is 0. The average molecular weight is 501 g/mol. The Morgan fingerprint density at radius 1 is 1.19 bits per heavy atom. The first kappa shape index (κ1) is 25.1. The van der Waals surface area contributed by atoms with E-state index in [9.17, 15) is 23.1 Å². The minimum absolute atomic E-state index is 0.0413. The van der Waals surface area contributed by atoms with Crippen molar-refractivity contribution in [2.75, 3.05) is 7.11 Å². The lowest BCUT2D eigenvalue weighted by atomic mass is 9.88. The second-order valence-corrected chi connectivity index (χ2v) is 9.22. The fourth-order valence-electron chi connectivity index (χ4n) is 4.03. The summed E-state index contributed by atoms with van der Waals surface area (Å²) in [7, 11) is 1.16. The van der Waals surface area contributed by atoms with Crippen LogP contribution in [0.3, 0.4) is 0 Å². The Morgan fingerprint density at radius 2 is 1.89 bits per heavy atom. The fourth-order valence-corrected chi connectivity index (χ4v) is 4.03. The van der Waals surface area contributed by atoms with Crippen LogP contribution in [0.15, 0.2) is 40.9 Å². The smallest absolute Gasteiger partial charge is 0.430 e. The second kappa shape index (κ2) is 8.27. The molecule has 0 saturated carbocycles. The van der Waals surface area contributed by atoms with Crippen molar-refractivity contribution >= 4 is 28.1 Å². The van der Waals surface area contributed by atoms with Crippen LogP contribution in [-0.2, 0) is 10.3 Å². The van der Waals surface area contributed by atoms with Gasteiger partial charge in [0.05, 0.1) is 29.8 Å². The molecule has 1 N–H and O–H groups in total. The molecule has 4 aromatic rings. The predicted molar refractivity (Wildman–Crippen MR) is 123 cm³/mol. The van der Waals surface area contributed by atoms with Crippen molar-refractivity contribution in [2.45, 2.75) is 45.1 Å². The normalized spacial score (nSPS) is 14.0. The van der Waals surface area contributed by atoms with Gasteiger partial charge >= 0.3 is 12.3 Å². The number of benzene rings is 2. The van der Waals surface area contributed by atoms with Crippen LogP contribution in [0.2, 0.25) is 0 Å². The van der Waals surface area contributed by atoms with Gasteiger partial charge in [0.2, 0.25) is 5.89 Å². The van der Waals surface area contributed by atoms with E-state index in [0.717, 1.165) is 11.7 Å². The number of aliphatic hydroxyl groups is 1. The molecular formula is C25H22F3N3O5. The molecule has 0 fully saturated rings. The Kier molecular flexibility index (Phi) is 5.76. The number of carbonyl (C=O) groups excluding carboxylic acids is 1. The molecule has 1 unspecified atom stereocenters. The number of oxazole rings is 1. The number of hydrogen-bond acceptors (Lipinski definition) is 7. The van der Waals surface area contributed by atoms with E-state index in [1.165, 1.54) is 36.5 Å². The maximum atomic E-state index is 14.7. The topological polar surface area (TPSA) is 111 Å². The van der Waals surface area contributed by atoms with Crippen LogP contribution in [0.4, 0.5) is 18.0 Å². The Balaban J connectivity index is 2.05. The van der Waals surface area contributed by atoms with Gasteiger partial charge in [0.15, 0.2) is 5.58 Å². The number of aryl methyl sites for hydroxylation is 1. The molecule has 0 aliphatic carbocycles. The minimum atomic E-state index is -5.32. The molecule has 36 heavy (non-hydrogen) atoms. The highest BCUT2D eigenvalue weighted by molar-refractivity contribution is 5.96. The van der Waals surface area contributed by atoms with Gasteiger partial charge in [-0.2, -0.15) is 18.4 Å². The lowest BCUT2D eigenvalue weighted by Crippen LogP contribution is -2.44. The Labute approximate surface area is 203 Å². The number of carbonyl (C=O) groups is 1. The van der Waals surface area contributed by atoms with Gasteiger partial charge in [-0.15, -0.1) is 0 Å². The summed E-state index contributed by atoms with van der Waals surface area (Å²) in [6.45, 7) is 6.56. The number of ether oxygens (including phenoxy) is 2. The Morgan fingerprint density at radius 3 is 2.47 bits per heavy atom. The van der Waals surface area contributed by atoms with Gasteiger partial charge in [0, 0.05) is 11.6 Å². The van der Waals surface area contributed by atoms with Crippen LogP contribution in [0, 0.1) is 18.3 Å². The zero-order chi connectivity index (χ0) is 26.6. The lowest BCUT2D eigenvalue weighted by Gasteiger charge is -2.30. The van der Waals surface area contributed by atoms with E-state index in [1.54, 1.807) is 27.7 Å². The van der Waals surface area contributed by atoms with Gasteiger partial charge in [-0.1, -0.05) is 0 Å². The molecule has 0 amide bonds. The third-order valence-electron chi connectivity index (χ3n) is 5.53. The summed E-state index contributed by atoms with van der Waals surface area (Å²) in [5.74, 6) is -1.35. The van der Waals surface area contributed by atoms with Crippen LogP contribution < -0.4 is 4.74 Å². The van der Waals surface area contributed by atoms with E-state index in [2.05, 4.69) is 4.98 Å². The minimum Gasteiger partial charge on any atom is -0.496 e. The molecule has 0 aliphatic heterocycles. The number of fused-ring (bicyclic) bond motifs is 2. The van der Waals surface area contributed by atoms with Crippen molar-refractivity contribution in [3.8, 4) is 11.8 Å². The predicted octanol–water partition coefficient (Wildman–Crippen LogP) is 5.55. The van der Waals surface area contributed by atoms with Gasteiger partial charge in [-0.05, 0) is 63.6 Å². The van der Waals surface area contributed by atoms with E-state index in [4.69, 9.17) is 19.2 Å². The standard InChI is InChI=1S/C25H22F3N3O5/c1-13-10-18(34-5)19(15-8-9-31(20(13)15)22(32)36-23(2,3)4)24(33,25(26,27)28)21-30-16-11-14(12-29)6-7-17(16)35-21/h6-11,33H,1-5H3. The second-order valence-electron chi connectivity index (χ2n) is 9.22. The van der Waals surface area contributed by atoms with E-state index in [0.29, 0.717) is 5.56 Å². The molecule has 0 aliphatic rings. The van der Waals surface area contributed by atoms with Crippen molar-refractivity contribution in [1.29, 1.82) is 5.26 Å². The maximum absolute atomic E-state index is 14.7. The molecule has 11 heteroatoms.